The summed E-state index contributed by atoms with van der Waals surface area (Å²) in [5, 5.41) is 11.4. The van der Waals surface area contributed by atoms with E-state index in [9.17, 15) is 5.11 Å². The predicted molar refractivity (Wildman–Crippen MR) is 80.1 cm³/mol. The van der Waals surface area contributed by atoms with E-state index in [0.717, 1.165) is 35.0 Å². The van der Waals surface area contributed by atoms with Crippen molar-refractivity contribution >= 4 is 10.9 Å². The quantitative estimate of drug-likeness (QED) is 0.884. The third-order valence-corrected chi connectivity index (χ3v) is 3.41. The molecule has 2 nitrogen and oxygen atoms in total. The number of benzene rings is 1. The lowest BCUT2D eigenvalue weighted by Crippen LogP contribution is -2.08. The number of aliphatic hydroxyl groups is 1. The molecule has 0 aliphatic heterocycles. The maximum Gasteiger partial charge on any atom is 0.0790 e. The highest BCUT2D eigenvalue weighted by Crippen LogP contribution is 2.28. The molecule has 0 radical (unpaired) electrons. The molecule has 1 aromatic carbocycles. The molecule has 0 amide bonds. The van der Waals surface area contributed by atoms with E-state index in [1.807, 2.05) is 25.1 Å². The zero-order chi connectivity index (χ0) is 14.0. The number of aryl methyl sites for hydroxylation is 1. The van der Waals surface area contributed by atoms with E-state index in [-0.39, 0.29) is 11.5 Å². The third-order valence-electron chi connectivity index (χ3n) is 3.41. The van der Waals surface area contributed by atoms with Crippen molar-refractivity contribution in [2.24, 2.45) is 5.41 Å². The normalized spacial score (nSPS) is 13.7. The van der Waals surface area contributed by atoms with E-state index in [2.05, 4.69) is 37.9 Å². The van der Waals surface area contributed by atoms with Crippen LogP contribution in [0.1, 0.15) is 51.0 Å². The monoisotopic (exact) mass is 257 g/mol. The van der Waals surface area contributed by atoms with E-state index < -0.39 is 0 Å². The van der Waals surface area contributed by atoms with Crippen LogP contribution in [-0.4, -0.2) is 10.1 Å². The van der Waals surface area contributed by atoms with Crippen molar-refractivity contribution in [2.45, 2.75) is 46.6 Å². The second-order valence-electron chi connectivity index (χ2n) is 6.52. The van der Waals surface area contributed by atoms with Gasteiger partial charge in [-0.25, -0.2) is 0 Å². The Morgan fingerprint density at radius 1 is 1.16 bits per heavy atom. The molecule has 1 unspecified atom stereocenters. The number of hydrogen-bond donors (Lipinski definition) is 1. The highest BCUT2D eigenvalue weighted by Gasteiger charge is 2.15. The largest absolute Gasteiger partial charge is 0.388 e. The minimum atomic E-state index is -0.384. The molecule has 0 spiro atoms. The standard InChI is InChI=1S/C17H23NO/c1-12-5-6-13-11-14(7-8-15(13)18-12)16(19)9-10-17(2,3)4/h5-8,11,16,19H,9-10H2,1-4H3. The summed E-state index contributed by atoms with van der Waals surface area (Å²) in [5.74, 6) is 0. The maximum absolute atomic E-state index is 10.3. The van der Waals surface area contributed by atoms with Crippen molar-refractivity contribution in [3.8, 4) is 0 Å². The first-order valence-corrected chi connectivity index (χ1v) is 6.90. The Kier molecular flexibility index (Phi) is 3.91. The lowest BCUT2D eigenvalue weighted by Gasteiger charge is -2.20. The minimum absolute atomic E-state index is 0.260. The fourth-order valence-electron chi connectivity index (χ4n) is 2.19. The topological polar surface area (TPSA) is 33.1 Å². The van der Waals surface area contributed by atoms with E-state index in [1.54, 1.807) is 0 Å². The van der Waals surface area contributed by atoms with E-state index in [4.69, 9.17) is 0 Å². The summed E-state index contributed by atoms with van der Waals surface area (Å²) >= 11 is 0. The van der Waals surface area contributed by atoms with Gasteiger partial charge in [0.1, 0.15) is 0 Å². The molecule has 1 aromatic heterocycles. The summed E-state index contributed by atoms with van der Waals surface area (Å²) in [6.45, 7) is 8.60. The molecule has 1 heterocycles. The highest BCUT2D eigenvalue weighted by molar-refractivity contribution is 5.79. The van der Waals surface area contributed by atoms with Crippen LogP contribution < -0.4 is 0 Å². The molecule has 0 bridgehead atoms. The molecule has 0 aliphatic rings. The highest BCUT2D eigenvalue weighted by atomic mass is 16.3. The summed E-state index contributed by atoms with van der Waals surface area (Å²) in [6.07, 6.45) is 1.43. The molecule has 0 saturated heterocycles. The molecular formula is C17H23NO. The fraction of sp³-hybridized carbons (Fsp3) is 0.471. The maximum atomic E-state index is 10.3. The van der Waals surface area contributed by atoms with Gasteiger partial charge in [-0.1, -0.05) is 32.9 Å². The molecular weight excluding hydrogens is 234 g/mol. The summed E-state index contributed by atoms with van der Waals surface area (Å²) in [5.41, 5.74) is 3.26. The summed E-state index contributed by atoms with van der Waals surface area (Å²) in [4.78, 5) is 4.48. The first-order valence-electron chi connectivity index (χ1n) is 6.90. The van der Waals surface area contributed by atoms with Crippen molar-refractivity contribution in [1.82, 2.24) is 4.98 Å². The van der Waals surface area contributed by atoms with Crippen molar-refractivity contribution in [1.29, 1.82) is 0 Å². The lowest BCUT2D eigenvalue weighted by atomic mass is 9.88. The van der Waals surface area contributed by atoms with Gasteiger partial charge in [-0.05, 0) is 48.9 Å². The number of pyridine rings is 1. The number of rotatable bonds is 3. The molecule has 2 heteroatoms. The van der Waals surface area contributed by atoms with Crippen molar-refractivity contribution < 1.29 is 5.11 Å². The number of aliphatic hydroxyl groups excluding tert-OH is 1. The average molecular weight is 257 g/mol. The molecule has 2 rings (SSSR count). The van der Waals surface area contributed by atoms with Crippen molar-refractivity contribution in [2.75, 3.05) is 0 Å². The Balaban J connectivity index is 2.18. The molecule has 102 valence electrons. The number of aromatic nitrogens is 1. The zero-order valence-corrected chi connectivity index (χ0v) is 12.3. The smallest absolute Gasteiger partial charge is 0.0790 e. The first kappa shape index (κ1) is 14.0. The van der Waals surface area contributed by atoms with Gasteiger partial charge in [0.25, 0.3) is 0 Å². The van der Waals surface area contributed by atoms with Crippen LogP contribution in [0.5, 0.6) is 0 Å². The van der Waals surface area contributed by atoms with Crippen LogP contribution in [0.25, 0.3) is 10.9 Å². The Labute approximate surface area is 115 Å². The third kappa shape index (κ3) is 3.77. The summed E-state index contributed by atoms with van der Waals surface area (Å²) < 4.78 is 0. The first-order chi connectivity index (χ1) is 8.85. The minimum Gasteiger partial charge on any atom is -0.388 e. The second kappa shape index (κ2) is 5.30. The van der Waals surface area contributed by atoms with Crippen LogP contribution >= 0.6 is 0 Å². The van der Waals surface area contributed by atoms with Gasteiger partial charge in [-0.2, -0.15) is 0 Å². The van der Waals surface area contributed by atoms with Gasteiger partial charge in [0.2, 0.25) is 0 Å². The number of hydrogen-bond acceptors (Lipinski definition) is 2. The number of fused-ring (bicyclic) bond motifs is 1. The SMILES string of the molecule is Cc1ccc2cc(C(O)CCC(C)(C)C)ccc2n1. The molecule has 0 fully saturated rings. The lowest BCUT2D eigenvalue weighted by molar-refractivity contribution is 0.147. The molecule has 2 aromatic rings. The zero-order valence-electron chi connectivity index (χ0n) is 12.3. The Morgan fingerprint density at radius 3 is 2.58 bits per heavy atom. The Bertz CT molecular complexity index is 569. The van der Waals surface area contributed by atoms with Crippen LogP contribution in [0.2, 0.25) is 0 Å². The van der Waals surface area contributed by atoms with Crippen LogP contribution in [0, 0.1) is 12.3 Å². The van der Waals surface area contributed by atoms with Gasteiger partial charge >= 0.3 is 0 Å². The summed E-state index contributed by atoms with van der Waals surface area (Å²) in [7, 11) is 0. The van der Waals surface area contributed by atoms with Gasteiger partial charge in [0.05, 0.1) is 11.6 Å². The van der Waals surface area contributed by atoms with Crippen molar-refractivity contribution in [3.05, 3.63) is 41.6 Å². The van der Waals surface area contributed by atoms with Gasteiger partial charge in [0.15, 0.2) is 0 Å². The van der Waals surface area contributed by atoms with Gasteiger partial charge in [-0.15, -0.1) is 0 Å². The fourth-order valence-corrected chi connectivity index (χ4v) is 2.19. The van der Waals surface area contributed by atoms with Crippen LogP contribution in [0.4, 0.5) is 0 Å². The number of nitrogens with zero attached hydrogens (tertiary/aromatic N) is 1. The Morgan fingerprint density at radius 2 is 1.89 bits per heavy atom. The molecule has 1 atom stereocenters. The van der Waals surface area contributed by atoms with Gasteiger partial charge in [0, 0.05) is 11.1 Å². The molecule has 19 heavy (non-hydrogen) atoms. The Hall–Kier alpha value is -1.41. The second-order valence-corrected chi connectivity index (χ2v) is 6.52. The molecule has 0 saturated carbocycles. The van der Waals surface area contributed by atoms with Gasteiger partial charge in [-0.3, -0.25) is 4.98 Å². The van der Waals surface area contributed by atoms with E-state index in [1.165, 1.54) is 0 Å². The van der Waals surface area contributed by atoms with Crippen LogP contribution in [-0.2, 0) is 0 Å². The van der Waals surface area contributed by atoms with Crippen LogP contribution in [0.3, 0.4) is 0 Å². The van der Waals surface area contributed by atoms with Crippen molar-refractivity contribution in [3.63, 3.8) is 0 Å². The predicted octanol–water partition coefficient (Wildman–Crippen LogP) is 4.40. The van der Waals surface area contributed by atoms with Crippen LogP contribution in [0.15, 0.2) is 30.3 Å². The van der Waals surface area contributed by atoms with E-state index >= 15 is 0 Å². The van der Waals surface area contributed by atoms with E-state index in [0.29, 0.717) is 0 Å². The van der Waals surface area contributed by atoms with Gasteiger partial charge < -0.3 is 5.11 Å². The average Bonchev–Trinajstić information content (AvgIpc) is 2.34. The summed E-state index contributed by atoms with van der Waals surface area (Å²) in [6, 6.07) is 10.1. The molecule has 0 aliphatic carbocycles. The molecule has 1 N–H and O–H groups in total.